The van der Waals surface area contributed by atoms with Crippen molar-refractivity contribution in [1.29, 1.82) is 0 Å². The van der Waals surface area contributed by atoms with E-state index in [2.05, 4.69) is 9.89 Å². The van der Waals surface area contributed by atoms with Crippen molar-refractivity contribution in [2.45, 2.75) is 18.7 Å². The van der Waals surface area contributed by atoms with Crippen LogP contribution in [0, 0.1) is 6.92 Å². The minimum atomic E-state index is -4.26. The second-order valence-electron chi connectivity index (χ2n) is 6.14. The zero-order valence-corrected chi connectivity index (χ0v) is 16.7. The molecule has 0 aliphatic carbocycles. The van der Waals surface area contributed by atoms with Crippen LogP contribution in [0.2, 0.25) is 0 Å². The molecule has 3 rings (SSSR count). The van der Waals surface area contributed by atoms with E-state index in [-0.39, 0.29) is 16.0 Å². The van der Waals surface area contributed by atoms with Crippen molar-refractivity contribution in [2.75, 3.05) is 13.2 Å². The van der Waals surface area contributed by atoms with E-state index in [0.29, 0.717) is 17.0 Å². The van der Waals surface area contributed by atoms with Crippen LogP contribution in [0.4, 0.5) is 0 Å². The Hall–Kier alpha value is -3.01. The van der Waals surface area contributed by atoms with E-state index in [1.54, 1.807) is 26.0 Å². The van der Waals surface area contributed by atoms with E-state index in [9.17, 15) is 18.4 Å². The van der Waals surface area contributed by atoms with Gasteiger partial charge in [-0.15, -0.1) is 0 Å². The van der Waals surface area contributed by atoms with Gasteiger partial charge >= 0.3 is 5.97 Å². The first-order valence-electron chi connectivity index (χ1n) is 8.84. The van der Waals surface area contributed by atoms with E-state index < -0.39 is 22.5 Å². The Morgan fingerprint density at radius 3 is 2.38 bits per heavy atom. The van der Waals surface area contributed by atoms with Crippen LogP contribution in [0.3, 0.4) is 0 Å². The molecule has 1 aromatic heterocycles. The second-order valence-corrected chi connectivity index (χ2v) is 7.99. The zero-order chi connectivity index (χ0) is 21.0. The summed E-state index contributed by atoms with van der Waals surface area (Å²) in [6.45, 7) is 2.65. The third-order valence-electron chi connectivity index (χ3n) is 4.20. The van der Waals surface area contributed by atoms with Crippen molar-refractivity contribution in [3.05, 3.63) is 60.4 Å². The molecule has 29 heavy (non-hydrogen) atoms. The van der Waals surface area contributed by atoms with Crippen molar-refractivity contribution in [3.63, 3.8) is 0 Å². The number of carbonyl (C=O) groups is 1. The number of hydrogen-bond donors (Lipinski definition) is 1. The van der Waals surface area contributed by atoms with E-state index in [1.807, 2.05) is 30.3 Å². The van der Waals surface area contributed by atoms with Crippen molar-refractivity contribution < 1.29 is 27.7 Å². The highest BCUT2D eigenvalue weighted by Crippen LogP contribution is 2.34. The number of hydroxylamine groups is 1. The molecule has 0 saturated carbocycles. The van der Waals surface area contributed by atoms with Crippen LogP contribution in [-0.4, -0.2) is 42.4 Å². The van der Waals surface area contributed by atoms with Crippen molar-refractivity contribution in [3.8, 4) is 22.4 Å². The molecule has 0 radical (unpaired) electrons. The van der Waals surface area contributed by atoms with E-state index in [4.69, 9.17) is 4.52 Å². The lowest BCUT2D eigenvalue weighted by molar-refractivity contribution is -0.148. The Balaban J connectivity index is 1.90. The number of rotatable bonds is 7. The second kappa shape index (κ2) is 8.56. The van der Waals surface area contributed by atoms with Gasteiger partial charge in [-0.1, -0.05) is 52.1 Å². The van der Waals surface area contributed by atoms with Gasteiger partial charge in [0.2, 0.25) is 0 Å². The number of aryl methyl sites for hydroxylation is 1. The molecule has 0 atom stereocenters. The summed E-state index contributed by atoms with van der Waals surface area (Å²) in [5.74, 6) is -0.256. The summed E-state index contributed by atoms with van der Waals surface area (Å²) in [5.41, 5.74) is 2.96. The summed E-state index contributed by atoms with van der Waals surface area (Å²) in [4.78, 5) is 11.3. The van der Waals surface area contributed by atoms with Gasteiger partial charge in [0.1, 0.15) is 18.0 Å². The van der Waals surface area contributed by atoms with Gasteiger partial charge in [-0.05, 0) is 31.5 Å². The molecule has 1 heterocycles. The first-order valence-corrected chi connectivity index (χ1v) is 10.3. The van der Waals surface area contributed by atoms with Crippen LogP contribution in [-0.2, 0) is 19.6 Å². The fraction of sp³-hybridized carbons (Fsp3) is 0.200. The average molecular weight is 416 g/mol. The molecule has 0 amide bonds. The lowest BCUT2D eigenvalue weighted by Crippen LogP contribution is -2.33. The van der Waals surface area contributed by atoms with E-state index in [0.717, 1.165) is 11.1 Å². The van der Waals surface area contributed by atoms with Crippen molar-refractivity contribution in [1.82, 2.24) is 9.63 Å². The summed E-state index contributed by atoms with van der Waals surface area (Å²) in [6.07, 6.45) is 0. The molecule has 0 spiro atoms. The number of aromatic nitrogens is 1. The predicted molar refractivity (Wildman–Crippen MR) is 104 cm³/mol. The maximum atomic E-state index is 12.5. The third kappa shape index (κ3) is 4.37. The maximum absolute atomic E-state index is 12.5. The number of hydrogen-bond acceptors (Lipinski definition) is 7. The van der Waals surface area contributed by atoms with Gasteiger partial charge in [0.05, 0.1) is 17.1 Å². The highest BCUT2D eigenvalue weighted by molar-refractivity contribution is 7.89. The summed E-state index contributed by atoms with van der Waals surface area (Å²) in [6, 6.07) is 15.4. The number of ether oxygens (including phenoxy) is 1. The number of benzene rings is 2. The van der Waals surface area contributed by atoms with E-state index >= 15 is 0 Å². The van der Waals surface area contributed by atoms with Gasteiger partial charge in [0.15, 0.2) is 0 Å². The van der Waals surface area contributed by atoms with Gasteiger partial charge in [0, 0.05) is 5.56 Å². The van der Waals surface area contributed by atoms with Gasteiger partial charge in [0.25, 0.3) is 10.0 Å². The van der Waals surface area contributed by atoms with Crippen LogP contribution in [0.25, 0.3) is 22.4 Å². The van der Waals surface area contributed by atoms with Crippen molar-refractivity contribution >= 4 is 16.0 Å². The molecule has 0 aliphatic rings. The van der Waals surface area contributed by atoms with Crippen LogP contribution in [0.1, 0.15) is 12.7 Å². The minimum Gasteiger partial charge on any atom is -0.465 e. The molecular formula is C20H20N2O6S. The van der Waals surface area contributed by atoms with Gasteiger partial charge in [-0.25, -0.2) is 8.42 Å². The largest absolute Gasteiger partial charge is 0.465 e. The third-order valence-corrected chi connectivity index (χ3v) is 5.75. The monoisotopic (exact) mass is 416 g/mol. The Morgan fingerprint density at radius 2 is 1.76 bits per heavy atom. The Bertz CT molecular complexity index is 1090. The number of sulfonamides is 1. The first-order chi connectivity index (χ1) is 13.8. The van der Waals surface area contributed by atoms with Crippen LogP contribution >= 0.6 is 0 Å². The van der Waals surface area contributed by atoms with Crippen molar-refractivity contribution in [2.24, 2.45) is 0 Å². The summed E-state index contributed by atoms with van der Waals surface area (Å²) in [7, 11) is -4.26. The number of nitrogens with zero attached hydrogens (tertiary/aromatic N) is 2. The van der Waals surface area contributed by atoms with Crippen LogP contribution < -0.4 is 0 Å². The Morgan fingerprint density at radius 1 is 1.10 bits per heavy atom. The Labute approximate surface area is 168 Å². The fourth-order valence-corrected chi connectivity index (χ4v) is 3.82. The van der Waals surface area contributed by atoms with Gasteiger partial charge in [-0.3, -0.25) is 10.0 Å². The molecule has 0 fully saturated rings. The van der Waals surface area contributed by atoms with Gasteiger partial charge in [-0.2, -0.15) is 0 Å². The molecule has 0 bridgehead atoms. The molecule has 3 aromatic rings. The zero-order valence-electron chi connectivity index (χ0n) is 15.9. The molecule has 0 unspecified atom stereocenters. The molecular weight excluding hydrogens is 396 g/mol. The smallest absolute Gasteiger partial charge is 0.323 e. The summed E-state index contributed by atoms with van der Waals surface area (Å²) < 4.78 is 34.9. The molecule has 1 N–H and O–H groups in total. The SMILES string of the molecule is CCOC(=O)CN(O)S(=O)(=O)c1ccc(-c2c(-c3ccccc3)noc2C)cc1. The lowest BCUT2D eigenvalue weighted by atomic mass is 10.00. The minimum absolute atomic E-state index is 0.0277. The standard InChI is InChI=1S/C20H20N2O6S/c1-3-27-18(23)13-22(24)29(25,26)17-11-9-15(10-12-17)19-14(2)28-21-20(19)16-7-5-4-6-8-16/h4-12,24H,3,13H2,1-2H3. The topological polar surface area (TPSA) is 110 Å². The van der Waals surface area contributed by atoms with E-state index in [1.165, 1.54) is 12.1 Å². The fourth-order valence-electron chi connectivity index (χ4n) is 2.82. The average Bonchev–Trinajstić information content (AvgIpc) is 3.10. The molecule has 0 saturated heterocycles. The number of carbonyl (C=O) groups excluding carboxylic acids is 1. The predicted octanol–water partition coefficient (Wildman–Crippen LogP) is 3.26. The highest BCUT2D eigenvalue weighted by atomic mass is 32.2. The van der Waals surface area contributed by atoms with Gasteiger partial charge < -0.3 is 9.26 Å². The maximum Gasteiger partial charge on any atom is 0.323 e. The highest BCUT2D eigenvalue weighted by Gasteiger charge is 2.26. The molecule has 9 heteroatoms. The summed E-state index contributed by atoms with van der Waals surface area (Å²) >= 11 is 0. The molecule has 8 nitrogen and oxygen atoms in total. The molecule has 152 valence electrons. The molecule has 2 aromatic carbocycles. The summed E-state index contributed by atoms with van der Waals surface area (Å²) in [5, 5.41) is 14.0. The quantitative estimate of drug-likeness (QED) is 0.465. The lowest BCUT2D eigenvalue weighted by Gasteiger charge is -2.14. The molecule has 0 aliphatic heterocycles. The first kappa shape index (κ1) is 20.7. The van der Waals surface area contributed by atoms with Crippen LogP contribution in [0.15, 0.2) is 64.0 Å². The normalized spacial score (nSPS) is 11.6. The number of esters is 1. The van der Waals surface area contributed by atoms with Crippen LogP contribution in [0.5, 0.6) is 0 Å². The Kier molecular flexibility index (Phi) is 6.12.